The van der Waals surface area contributed by atoms with Crippen molar-refractivity contribution in [2.75, 3.05) is 29.9 Å². The number of hydrogen-bond acceptors (Lipinski definition) is 10. The smallest absolute Gasteiger partial charge is 0.319 e. The number of ketones is 1. The fraction of sp³-hybridized carbons (Fsp3) is 0.447. The van der Waals surface area contributed by atoms with Crippen molar-refractivity contribution in [1.29, 1.82) is 5.26 Å². The predicted molar refractivity (Wildman–Crippen MR) is 200 cm³/mol. The van der Waals surface area contributed by atoms with Crippen molar-refractivity contribution in [3.63, 3.8) is 0 Å². The molecule has 1 atom stereocenters. The number of benzene rings is 2. The third-order valence-corrected chi connectivity index (χ3v) is 12.3. The number of fused-ring (bicyclic) bond motifs is 4. The molecule has 5 aromatic rings. The number of carbonyl (C=O) groups excluding carboxylic acids is 1. The number of carbonyl (C=O) groups is 1. The topological polar surface area (TPSA) is 112 Å². The zero-order chi connectivity index (χ0) is 36.5. The highest BCUT2D eigenvalue weighted by molar-refractivity contribution is 7.23. The van der Waals surface area contributed by atoms with E-state index in [9.17, 15) is 10.1 Å². The summed E-state index contributed by atoms with van der Waals surface area (Å²) in [4.78, 5) is 26.4. The van der Waals surface area contributed by atoms with E-state index < -0.39 is 11.6 Å². The van der Waals surface area contributed by atoms with Crippen LogP contribution in [-0.4, -0.2) is 67.8 Å². The number of ether oxygens (including phenoxy) is 1. The van der Waals surface area contributed by atoms with Gasteiger partial charge in [0.2, 0.25) is 0 Å². The van der Waals surface area contributed by atoms with Crippen molar-refractivity contribution in [3.05, 3.63) is 57.9 Å². The molecule has 52 heavy (non-hydrogen) atoms. The molecule has 3 aliphatic heterocycles. The Morgan fingerprint density at radius 2 is 1.96 bits per heavy atom. The molecule has 2 aromatic carbocycles. The zero-order valence-electron chi connectivity index (χ0n) is 29.5. The Hall–Kier alpha value is -4.38. The number of anilines is 2. The van der Waals surface area contributed by atoms with Gasteiger partial charge in [-0.1, -0.05) is 17.7 Å². The van der Waals surface area contributed by atoms with E-state index in [1.165, 1.54) is 19.1 Å². The molecule has 3 aliphatic rings. The van der Waals surface area contributed by atoms with Gasteiger partial charge in [-0.2, -0.15) is 20.3 Å². The first kappa shape index (κ1) is 34.7. The summed E-state index contributed by atoms with van der Waals surface area (Å²) in [7, 11) is 0. The van der Waals surface area contributed by atoms with Gasteiger partial charge in [0.15, 0.2) is 11.6 Å². The lowest BCUT2D eigenvalue weighted by Gasteiger charge is -2.32. The summed E-state index contributed by atoms with van der Waals surface area (Å²) in [5.74, 6) is -0.898. The number of halogens is 3. The van der Waals surface area contributed by atoms with Gasteiger partial charge in [-0.3, -0.25) is 14.4 Å². The molecule has 0 radical (unpaired) electrons. The van der Waals surface area contributed by atoms with Gasteiger partial charge in [-0.25, -0.2) is 8.78 Å². The summed E-state index contributed by atoms with van der Waals surface area (Å²) in [6.45, 7) is 10.8. The molecule has 1 N–H and O–H groups in total. The van der Waals surface area contributed by atoms with E-state index in [0.717, 1.165) is 55.8 Å². The van der Waals surface area contributed by atoms with Crippen molar-refractivity contribution in [3.8, 4) is 23.2 Å². The maximum Gasteiger partial charge on any atom is 0.319 e. The second kappa shape index (κ2) is 13.2. The fourth-order valence-electron chi connectivity index (χ4n) is 8.23. The van der Waals surface area contributed by atoms with E-state index in [4.69, 9.17) is 26.3 Å². The van der Waals surface area contributed by atoms with Crippen LogP contribution in [0, 0.1) is 23.0 Å². The van der Waals surface area contributed by atoms with E-state index in [0.29, 0.717) is 59.0 Å². The average molecular weight is 745 g/mol. The normalized spacial score (nSPS) is 18.5. The Bertz CT molecular complexity index is 2290. The molecule has 270 valence electrons. The van der Waals surface area contributed by atoms with Gasteiger partial charge in [0, 0.05) is 41.9 Å². The molecule has 6 heterocycles. The van der Waals surface area contributed by atoms with Crippen molar-refractivity contribution in [2.24, 2.45) is 0 Å². The number of nitrogens with zero attached hydrogens (tertiary/aromatic N) is 7. The Labute approximate surface area is 309 Å². The van der Waals surface area contributed by atoms with Crippen LogP contribution in [0.5, 0.6) is 6.01 Å². The van der Waals surface area contributed by atoms with Crippen molar-refractivity contribution in [2.45, 2.75) is 90.5 Å². The second-order valence-electron chi connectivity index (χ2n) is 14.6. The number of aromatic nitrogens is 4. The van der Waals surface area contributed by atoms with Crippen LogP contribution in [0.3, 0.4) is 0 Å². The van der Waals surface area contributed by atoms with Gasteiger partial charge in [0.25, 0.3) is 0 Å². The fourth-order valence-corrected chi connectivity index (χ4v) is 9.75. The number of aryl methyl sites for hydroxylation is 1. The van der Waals surface area contributed by atoms with Crippen molar-refractivity contribution < 1.29 is 18.3 Å². The molecule has 14 heteroatoms. The Morgan fingerprint density at radius 3 is 2.67 bits per heavy atom. The lowest BCUT2D eigenvalue weighted by atomic mass is 9.95. The average Bonchev–Trinajstić information content (AvgIpc) is 3.87. The van der Waals surface area contributed by atoms with Crippen LogP contribution in [0.15, 0.2) is 24.3 Å². The van der Waals surface area contributed by atoms with Gasteiger partial charge in [0.05, 0.1) is 33.1 Å². The van der Waals surface area contributed by atoms with Crippen LogP contribution in [0.1, 0.15) is 81.5 Å². The summed E-state index contributed by atoms with van der Waals surface area (Å²) in [6.07, 6.45) is 4.92. The van der Waals surface area contributed by atoms with Gasteiger partial charge in [0.1, 0.15) is 40.5 Å². The predicted octanol–water partition coefficient (Wildman–Crippen LogP) is 8.34. The van der Waals surface area contributed by atoms with Crippen LogP contribution in [0.25, 0.3) is 32.1 Å². The lowest BCUT2D eigenvalue weighted by molar-refractivity contribution is 0.101. The largest absolute Gasteiger partial charge is 0.461 e. The van der Waals surface area contributed by atoms with E-state index in [2.05, 4.69) is 33.2 Å². The standard InChI is InChI=1S/C38H39ClF2N8O2S/c1-20(2)43-36-26(17-42)30-24(7-8-28(40)34(30)52-36)31-27(39)16-25-33(32(31)41)44-37(51-19-38-10-5-12-47(38)13-6-11-38)45-35(25)48-18-23-15-29(22(4)50)46-49(23)14-9-21(48)3/h7-8,15-16,20-21,43H,5-6,9-14,18-19H2,1-4H3. The van der Waals surface area contributed by atoms with Crippen LogP contribution in [0.2, 0.25) is 5.02 Å². The van der Waals surface area contributed by atoms with Crippen LogP contribution < -0.4 is 15.0 Å². The Kier molecular flexibility index (Phi) is 8.83. The molecule has 1 unspecified atom stereocenters. The van der Waals surface area contributed by atoms with Crippen LogP contribution in [0.4, 0.5) is 19.6 Å². The summed E-state index contributed by atoms with van der Waals surface area (Å²) >= 11 is 8.14. The van der Waals surface area contributed by atoms with Gasteiger partial charge in [-0.15, -0.1) is 11.3 Å². The minimum atomic E-state index is -0.717. The minimum absolute atomic E-state index is 0.00715. The lowest BCUT2D eigenvalue weighted by Crippen LogP contribution is -2.43. The van der Waals surface area contributed by atoms with Gasteiger partial charge >= 0.3 is 6.01 Å². The number of Topliss-reactive ketones (excluding diaryl/α,β-unsaturated/α-hetero) is 1. The van der Waals surface area contributed by atoms with E-state index in [1.807, 2.05) is 18.5 Å². The molecule has 2 saturated heterocycles. The monoisotopic (exact) mass is 744 g/mol. The molecule has 2 fully saturated rings. The highest BCUT2D eigenvalue weighted by atomic mass is 35.5. The van der Waals surface area contributed by atoms with E-state index in [-0.39, 0.29) is 55.8 Å². The molecule has 0 aliphatic carbocycles. The molecular formula is C38H39ClF2N8O2S. The SMILES string of the molecule is CC(=O)c1cc2n(n1)CCC(C)N(c1nc(OCC34CCCN3CCC4)nc3c(F)c(-c4ccc(F)c5sc(NC(C)C)c(C#N)c45)c(Cl)cc13)C2. The highest BCUT2D eigenvalue weighted by Crippen LogP contribution is 2.47. The zero-order valence-corrected chi connectivity index (χ0v) is 31.1. The van der Waals surface area contributed by atoms with Crippen LogP contribution >= 0.6 is 22.9 Å². The first-order valence-electron chi connectivity index (χ1n) is 17.8. The maximum absolute atomic E-state index is 17.4. The molecule has 10 nitrogen and oxygen atoms in total. The molecular weight excluding hydrogens is 706 g/mol. The van der Waals surface area contributed by atoms with Crippen LogP contribution in [-0.2, 0) is 13.1 Å². The summed E-state index contributed by atoms with van der Waals surface area (Å²) < 4.78 is 41.2. The molecule has 8 rings (SSSR count). The number of nitrogens with one attached hydrogen (secondary N) is 1. The molecule has 3 aromatic heterocycles. The number of hydrogen-bond donors (Lipinski definition) is 1. The van der Waals surface area contributed by atoms with Gasteiger partial charge < -0.3 is 15.0 Å². The summed E-state index contributed by atoms with van der Waals surface area (Å²) in [5.41, 5.74) is 1.67. The van der Waals surface area contributed by atoms with E-state index in [1.54, 1.807) is 12.1 Å². The first-order valence-corrected chi connectivity index (χ1v) is 19.0. The Balaban J connectivity index is 1.31. The highest BCUT2D eigenvalue weighted by Gasteiger charge is 2.45. The molecule has 0 amide bonds. The third-order valence-electron chi connectivity index (χ3n) is 10.8. The minimum Gasteiger partial charge on any atom is -0.461 e. The Morgan fingerprint density at radius 1 is 1.19 bits per heavy atom. The quantitative estimate of drug-likeness (QED) is 0.157. The first-order chi connectivity index (χ1) is 25.0. The molecule has 0 spiro atoms. The summed E-state index contributed by atoms with van der Waals surface area (Å²) in [6, 6.07) is 8.40. The van der Waals surface area contributed by atoms with Crippen molar-refractivity contribution >= 4 is 60.5 Å². The third kappa shape index (κ3) is 5.76. The van der Waals surface area contributed by atoms with E-state index >= 15 is 8.78 Å². The van der Waals surface area contributed by atoms with Gasteiger partial charge in [-0.05, 0) is 89.7 Å². The number of nitriles is 1. The molecule has 0 saturated carbocycles. The number of thiophene rings is 1. The molecule has 0 bridgehead atoms. The maximum atomic E-state index is 17.4. The summed E-state index contributed by atoms with van der Waals surface area (Å²) in [5, 5.41) is 19.3. The number of rotatable bonds is 8. The van der Waals surface area contributed by atoms with Crippen molar-refractivity contribution in [1.82, 2.24) is 24.6 Å². The second-order valence-corrected chi connectivity index (χ2v) is 16.0.